The summed E-state index contributed by atoms with van der Waals surface area (Å²) in [6.07, 6.45) is 3.11. The molecule has 4 aromatic rings. The Morgan fingerprint density at radius 1 is 1.25 bits per heavy atom. The first-order valence-corrected chi connectivity index (χ1v) is 8.94. The Kier molecular flexibility index (Phi) is 4.56. The van der Waals surface area contributed by atoms with Crippen molar-refractivity contribution in [2.24, 2.45) is 0 Å². The van der Waals surface area contributed by atoms with Crippen LogP contribution in [0.5, 0.6) is 5.75 Å². The Hall–Kier alpha value is -3.26. The fraction of sp³-hybridized carbons (Fsp3) is 0.211. The quantitative estimate of drug-likeness (QED) is 0.533. The Labute approximate surface area is 165 Å². The molecule has 4 rings (SSSR count). The number of pyridine rings is 2. The molecule has 0 saturated heterocycles. The molecule has 142 valence electrons. The maximum atomic E-state index is 12.8. The van der Waals surface area contributed by atoms with Gasteiger partial charge in [-0.25, -0.2) is 15.0 Å². The summed E-state index contributed by atoms with van der Waals surface area (Å²) in [6.45, 7) is 4.05. The van der Waals surface area contributed by atoms with Crippen molar-refractivity contribution < 1.29 is 9.53 Å². The molecule has 0 fully saturated rings. The predicted molar refractivity (Wildman–Crippen MR) is 105 cm³/mol. The third kappa shape index (κ3) is 3.11. The van der Waals surface area contributed by atoms with E-state index >= 15 is 0 Å². The van der Waals surface area contributed by atoms with Gasteiger partial charge in [0.2, 0.25) is 0 Å². The van der Waals surface area contributed by atoms with E-state index in [4.69, 9.17) is 16.3 Å². The van der Waals surface area contributed by atoms with Crippen molar-refractivity contribution >= 4 is 34.2 Å². The molecule has 0 saturated carbocycles. The highest BCUT2D eigenvalue weighted by Gasteiger charge is 2.20. The second kappa shape index (κ2) is 7.05. The molecule has 4 heterocycles. The van der Waals surface area contributed by atoms with Gasteiger partial charge < -0.3 is 10.1 Å². The lowest BCUT2D eigenvalue weighted by Crippen LogP contribution is -2.24. The zero-order valence-corrected chi connectivity index (χ0v) is 16.3. The maximum Gasteiger partial charge on any atom is 0.256 e. The number of hydrogen-bond donors (Lipinski definition) is 1. The lowest BCUT2D eigenvalue weighted by Gasteiger charge is -2.13. The van der Waals surface area contributed by atoms with Crippen molar-refractivity contribution in [3.05, 3.63) is 58.3 Å². The van der Waals surface area contributed by atoms with E-state index in [2.05, 4.69) is 25.4 Å². The lowest BCUT2D eigenvalue weighted by atomic mass is 10.1. The summed E-state index contributed by atoms with van der Waals surface area (Å²) in [6, 6.07) is 5.35. The number of nitrogens with zero attached hydrogens (tertiary/aromatic N) is 5. The minimum atomic E-state index is -0.308. The molecule has 0 aromatic carbocycles. The van der Waals surface area contributed by atoms with E-state index in [1.54, 1.807) is 22.8 Å². The molecular formula is C19H17ClN6O2. The van der Waals surface area contributed by atoms with E-state index in [0.717, 1.165) is 11.3 Å². The number of amides is 1. The molecule has 0 aliphatic carbocycles. The minimum Gasteiger partial charge on any atom is -0.495 e. The summed E-state index contributed by atoms with van der Waals surface area (Å²) in [5.41, 5.74) is 3.99. The Morgan fingerprint density at radius 3 is 2.79 bits per heavy atom. The Balaban J connectivity index is 1.74. The van der Waals surface area contributed by atoms with Gasteiger partial charge in [0, 0.05) is 25.0 Å². The zero-order valence-electron chi connectivity index (χ0n) is 15.5. The summed E-state index contributed by atoms with van der Waals surface area (Å²) >= 11 is 5.79. The molecule has 0 radical (unpaired) electrons. The molecule has 0 unspecified atom stereocenters. The second-order valence-corrected chi connectivity index (χ2v) is 6.72. The number of carbonyl (C=O) groups excluding carboxylic acids is 1. The average Bonchev–Trinajstić information content (AvgIpc) is 3.06. The fourth-order valence-corrected chi connectivity index (χ4v) is 3.19. The van der Waals surface area contributed by atoms with Crippen molar-refractivity contribution in [2.75, 3.05) is 7.11 Å². The van der Waals surface area contributed by atoms with E-state index in [1.165, 1.54) is 13.3 Å². The number of aryl methyl sites for hydroxylation is 2. The number of hydrogen-bond acceptors (Lipinski definition) is 6. The average molecular weight is 397 g/mol. The van der Waals surface area contributed by atoms with Crippen molar-refractivity contribution in [3.8, 4) is 5.75 Å². The number of carbonyl (C=O) groups is 1. The van der Waals surface area contributed by atoms with Gasteiger partial charge in [0.1, 0.15) is 16.5 Å². The standard InChI is InChI=1S/C19H17ClN6O2/c1-10-6-15-24-11(2)16-17(28-3)13(9-22-18(16)26(15)25-10)19(27)23-8-12-4-5-14(20)21-7-12/h4-7,9H,8H2,1-3H3,(H,23,27). The first kappa shape index (κ1) is 18.1. The third-order valence-electron chi connectivity index (χ3n) is 4.36. The SMILES string of the molecule is COc1c(C(=O)NCc2ccc(Cl)nc2)cnc2c1c(C)nc1cc(C)nn12. The molecule has 0 atom stereocenters. The number of nitrogens with one attached hydrogen (secondary N) is 1. The molecule has 8 nitrogen and oxygen atoms in total. The molecule has 4 aromatic heterocycles. The smallest absolute Gasteiger partial charge is 0.256 e. The van der Waals surface area contributed by atoms with E-state index < -0.39 is 0 Å². The fourth-order valence-electron chi connectivity index (χ4n) is 3.08. The molecule has 0 bridgehead atoms. The number of ether oxygens (including phenoxy) is 1. The van der Waals surface area contributed by atoms with Gasteiger partial charge in [-0.2, -0.15) is 9.61 Å². The summed E-state index contributed by atoms with van der Waals surface area (Å²) in [5, 5.41) is 8.34. The number of fused-ring (bicyclic) bond motifs is 3. The van der Waals surface area contributed by atoms with Crippen molar-refractivity contribution in [3.63, 3.8) is 0 Å². The molecule has 0 spiro atoms. The van der Waals surface area contributed by atoms with Gasteiger partial charge >= 0.3 is 0 Å². The molecule has 1 N–H and O–H groups in total. The van der Waals surface area contributed by atoms with Crippen LogP contribution in [0, 0.1) is 13.8 Å². The van der Waals surface area contributed by atoms with Gasteiger partial charge in [-0.15, -0.1) is 0 Å². The first-order chi connectivity index (χ1) is 13.5. The van der Waals surface area contributed by atoms with Crippen molar-refractivity contribution in [1.29, 1.82) is 0 Å². The van der Waals surface area contributed by atoms with Crippen LogP contribution in [0.1, 0.15) is 27.3 Å². The predicted octanol–water partition coefficient (Wildman–Crippen LogP) is 2.88. The van der Waals surface area contributed by atoms with Crippen LogP contribution in [-0.2, 0) is 6.54 Å². The van der Waals surface area contributed by atoms with Crippen LogP contribution in [0.15, 0.2) is 30.6 Å². The van der Waals surface area contributed by atoms with Crippen LogP contribution in [0.4, 0.5) is 0 Å². The van der Waals surface area contributed by atoms with Crippen LogP contribution in [0.25, 0.3) is 16.7 Å². The largest absolute Gasteiger partial charge is 0.495 e. The van der Waals surface area contributed by atoms with Crippen molar-refractivity contribution in [1.82, 2.24) is 29.9 Å². The van der Waals surface area contributed by atoms with E-state index in [-0.39, 0.29) is 5.91 Å². The highest BCUT2D eigenvalue weighted by Crippen LogP contribution is 2.30. The lowest BCUT2D eigenvalue weighted by molar-refractivity contribution is 0.0947. The molecular weight excluding hydrogens is 380 g/mol. The third-order valence-corrected chi connectivity index (χ3v) is 4.58. The topological polar surface area (TPSA) is 94.3 Å². The van der Waals surface area contributed by atoms with Gasteiger partial charge in [-0.1, -0.05) is 17.7 Å². The van der Waals surface area contributed by atoms with E-state index in [0.29, 0.717) is 45.4 Å². The summed E-state index contributed by atoms with van der Waals surface area (Å²) in [7, 11) is 1.52. The normalized spacial score (nSPS) is 11.1. The van der Waals surface area contributed by atoms with Gasteiger partial charge in [0.25, 0.3) is 5.91 Å². The number of methoxy groups -OCH3 is 1. The Morgan fingerprint density at radius 2 is 2.07 bits per heavy atom. The summed E-state index contributed by atoms with van der Waals surface area (Å²) < 4.78 is 7.23. The monoisotopic (exact) mass is 396 g/mol. The summed E-state index contributed by atoms with van der Waals surface area (Å²) in [4.78, 5) is 25.8. The number of aromatic nitrogens is 5. The van der Waals surface area contributed by atoms with E-state index in [9.17, 15) is 4.79 Å². The van der Waals surface area contributed by atoms with Gasteiger partial charge in [-0.05, 0) is 25.5 Å². The zero-order chi connectivity index (χ0) is 19.8. The van der Waals surface area contributed by atoms with Gasteiger partial charge in [-0.3, -0.25) is 4.79 Å². The number of halogens is 1. The van der Waals surface area contributed by atoms with Gasteiger partial charge in [0.05, 0.1) is 23.9 Å². The van der Waals surface area contributed by atoms with Crippen LogP contribution in [0.2, 0.25) is 5.15 Å². The van der Waals surface area contributed by atoms with Crippen LogP contribution >= 0.6 is 11.6 Å². The highest BCUT2D eigenvalue weighted by molar-refractivity contribution is 6.29. The second-order valence-electron chi connectivity index (χ2n) is 6.33. The first-order valence-electron chi connectivity index (χ1n) is 8.56. The molecule has 0 aliphatic heterocycles. The molecule has 9 heteroatoms. The highest BCUT2D eigenvalue weighted by atomic mass is 35.5. The Bertz CT molecular complexity index is 1200. The van der Waals surface area contributed by atoms with Crippen LogP contribution < -0.4 is 10.1 Å². The number of rotatable bonds is 4. The maximum absolute atomic E-state index is 12.8. The minimum absolute atomic E-state index is 0.304. The molecule has 0 aliphatic rings. The van der Waals surface area contributed by atoms with Crippen LogP contribution in [-0.4, -0.2) is 37.6 Å². The van der Waals surface area contributed by atoms with Crippen molar-refractivity contribution in [2.45, 2.75) is 20.4 Å². The van der Waals surface area contributed by atoms with Gasteiger partial charge in [0.15, 0.2) is 11.3 Å². The summed E-state index contributed by atoms with van der Waals surface area (Å²) in [5.74, 6) is 0.106. The molecule has 28 heavy (non-hydrogen) atoms. The molecule has 1 amide bonds. The van der Waals surface area contributed by atoms with Crippen LogP contribution in [0.3, 0.4) is 0 Å². The van der Waals surface area contributed by atoms with E-state index in [1.807, 2.05) is 19.9 Å².